The molecule has 2 aromatic rings. The first-order valence-corrected chi connectivity index (χ1v) is 5.51. The average molecular weight is 307 g/mol. The van der Waals surface area contributed by atoms with Gasteiger partial charge in [0.15, 0.2) is 11.6 Å². The van der Waals surface area contributed by atoms with Gasteiger partial charge in [0, 0.05) is 5.56 Å². The van der Waals surface area contributed by atoms with Crippen molar-refractivity contribution in [2.75, 3.05) is 5.73 Å². The van der Waals surface area contributed by atoms with E-state index in [2.05, 4.69) is 4.74 Å². The molecule has 2 rings (SSSR count). The zero-order valence-corrected chi connectivity index (χ0v) is 10.2. The summed E-state index contributed by atoms with van der Waals surface area (Å²) in [4.78, 5) is 0. The zero-order valence-electron chi connectivity index (χ0n) is 10.2. The van der Waals surface area contributed by atoms with Crippen molar-refractivity contribution >= 4 is 5.69 Å². The summed E-state index contributed by atoms with van der Waals surface area (Å²) < 4.78 is 83.4. The van der Waals surface area contributed by atoms with Crippen LogP contribution in [0, 0.1) is 34.9 Å². The highest BCUT2D eigenvalue weighted by molar-refractivity contribution is 5.43. The molecule has 21 heavy (non-hydrogen) atoms. The van der Waals surface area contributed by atoms with E-state index in [0.717, 1.165) is 0 Å². The van der Waals surface area contributed by atoms with Crippen molar-refractivity contribution in [3.8, 4) is 5.75 Å². The summed E-state index contributed by atoms with van der Waals surface area (Å²) in [7, 11) is 0. The van der Waals surface area contributed by atoms with Gasteiger partial charge in [-0.3, -0.25) is 0 Å². The van der Waals surface area contributed by atoms with Crippen LogP contribution in [0.15, 0.2) is 18.2 Å². The van der Waals surface area contributed by atoms with E-state index in [1.165, 1.54) is 18.2 Å². The minimum absolute atomic E-state index is 0.195. The van der Waals surface area contributed by atoms with Gasteiger partial charge < -0.3 is 10.5 Å². The van der Waals surface area contributed by atoms with E-state index in [-0.39, 0.29) is 11.3 Å². The summed E-state index contributed by atoms with van der Waals surface area (Å²) in [5.74, 6) is -13.2. The molecule has 0 saturated carbocycles. The molecule has 0 spiro atoms. The minimum Gasteiger partial charge on any atom is -0.483 e. The summed E-state index contributed by atoms with van der Waals surface area (Å²) >= 11 is 0. The van der Waals surface area contributed by atoms with Gasteiger partial charge in [-0.1, -0.05) is 12.1 Å². The van der Waals surface area contributed by atoms with Gasteiger partial charge >= 0.3 is 0 Å². The molecule has 2 N–H and O–H groups in total. The van der Waals surface area contributed by atoms with Crippen LogP contribution in [0.25, 0.3) is 0 Å². The molecule has 0 aliphatic carbocycles. The Morgan fingerprint density at radius 2 is 1.29 bits per heavy atom. The Hall–Kier alpha value is -2.38. The molecule has 0 aromatic heterocycles. The van der Waals surface area contributed by atoms with Crippen LogP contribution in [0.1, 0.15) is 5.56 Å². The lowest BCUT2D eigenvalue weighted by atomic mass is 10.2. The Morgan fingerprint density at radius 3 is 1.86 bits per heavy atom. The monoisotopic (exact) mass is 307 g/mol. The van der Waals surface area contributed by atoms with Gasteiger partial charge in [-0.05, 0) is 6.07 Å². The van der Waals surface area contributed by atoms with Crippen molar-refractivity contribution in [1.29, 1.82) is 0 Å². The normalized spacial score (nSPS) is 10.8. The molecule has 0 aliphatic heterocycles. The topological polar surface area (TPSA) is 35.2 Å². The second-order valence-corrected chi connectivity index (χ2v) is 4.01. The van der Waals surface area contributed by atoms with E-state index >= 15 is 0 Å². The lowest BCUT2D eigenvalue weighted by molar-refractivity contribution is 0.250. The van der Waals surface area contributed by atoms with E-state index in [4.69, 9.17) is 5.73 Å². The Kier molecular flexibility index (Phi) is 3.97. The maximum absolute atomic E-state index is 13.5. The molecule has 2 nitrogen and oxygen atoms in total. The molecule has 0 atom stereocenters. The second-order valence-electron chi connectivity index (χ2n) is 4.01. The van der Waals surface area contributed by atoms with Crippen molar-refractivity contribution in [3.05, 3.63) is 58.7 Å². The van der Waals surface area contributed by atoms with Crippen molar-refractivity contribution in [3.63, 3.8) is 0 Å². The van der Waals surface area contributed by atoms with Gasteiger partial charge in [0.2, 0.25) is 29.1 Å². The maximum atomic E-state index is 13.5. The first-order valence-electron chi connectivity index (χ1n) is 5.51. The fraction of sp³-hybridized carbons (Fsp3) is 0.0769. The Bertz CT molecular complexity index is 675. The lowest BCUT2D eigenvalue weighted by Crippen LogP contribution is -2.08. The third-order valence-corrected chi connectivity index (χ3v) is 2.65. The largest absolute Gasteiger partial charge is 0.483 e. The number of benzene rings is 2. The number of anilines is 1. The van der Waals surface area contributed by atoms with Gasteiger partial charge in [-0.2, -0.15) is 8.78 Å². The molecular weight excluding hydrogens is 300 g/mol. The smallest absolute Gasteiger partial charge is 0.207 e. The Labute approximate surface area is 114 Å². The van der Waals surface area contributed by atoms with Crippen LogP contribution in [-0.4, -0.2) is 0 Å². The van der Waals surface area contributed by atoms with Crippen LogP contribution in [0.3, 0.4) is 0 Å². The molecular formula is C13H7F6NO. The third-order valence-electron chi connectivity index (χ3n) is 2.65. The number of rotatable bonds is 3. The summed E-state index contributed by atoms with van der Waals surface area (Å²) in [6.45, 7) is -0.755. The predicted octanol–water partition coefficient (Wildman–Crippen LogP) is 3.68. The molecule has 0 aliphatic rings. The van der Waals surface area contributed by atoms with Crippen LogP contribution in [0.2, 0.25) is 0 Å². The van der Waals surface area contributed by atoms with Gasteiger partial charge in [0.05, 0.1) is 5.69 Å². The lowest BCUT2D eigenvalue weighted by Gasteiger charge is -2.11. The SMILES string of the molecule is Nc1cccc(COc2c(F)c(F)c(F)c(F)c2F)c1F. The molecule has 0 saturated heterocycles. The van der Waals surface area contributed by atoms with E-state index in [1.807, 2.05) is 0 Å². The Morgan fingerprint density at radius 1 is 0.762 bits per heavy atom. The highest BCUT2D eigenvalue weighted by Gasteiger charge is 2.27. The van der Waals surface area contributed by atoms with Gasteiger partial charge in [0.25, 0.3) is 0 Å². The number of nitrogens with two attached hydrogens (primary N) is 1. The zero-order chi connectivity index (χ0) is 15.7. The van der Waals surface area contributed by atoms with Crippen molar-refractivity contribution in [2.45, 2.75) is 6.61 Å². The van der Waals surface area contributed by atoms with Crippen LogP contribution < -0.4 is 10.5 Å². The second kappa shape index (κ2) is 5.55. The molecule has 8 heteroatoms. The standard InChI is InChI=1S/C13H7F6NO/c14-7-5(2-1-3-6(7)20)4-21-13-11(18)9(16)8(15)10(17)12(13)19/h1-3H,4,20H2. The van der Waals surface area contributed by atoms with E-state index in [0.29, 0.717) is 0 Å². The van der Waals surface area contributed by atoms with Crippen molar-refractivity contribution in [1.82, 2.24) is 0 Å². The number of ether oxygens (including phenoxy) is 1. The molecule has 2 aromatic carbocycles. The van der Waals surface area contributed by atoms with E-state index in [9.17, 15) is 26.3 Å². The van der Waals surface area contributed by atoms with Crippen molar-refractivity contribution < 1.29 is 31.1 Å². The summed E-state index contributed by atoms with van der Waals surface area (Å²) in [5, 5.41) is 0. The summed E-state index contributed by atoms with van der Waals surface area (Å²) in [6, 6.07) is 3.77. The van der Waals surface area contributed by atoms with Crippen LogP contribution in [-0.2, 0) is 6.61 Å². The first-order chi connectivity index (χ1) is 9.84. The maximum Gasteiger partial charge on any atom is 0.207 e. The number of hydrogen-bond donors (Lipinski definition) is 1. The van der Waals surface area contributed by atoms with Gasteiger partial charge in [-0.15, -0.1) is 0 Å². The molecule has 0 heterocycles. The highest BCUT2D eigenvalue weighted by Crippen LogP contribution is 2.30. The predicted molar refractivity (Wildman–Crippen MR) is 61.4 cm³/mol. The van der Waals surface area contributed by atoms with Gasteiger partial charge in [-0.25, -0.2) is 17.6 Å². The molecule has 0 unspecified atom stereocenters. The first kappa shape index (κ1) is 15.0. The van der Waals surface area contributed by atoms with E-state index in [1.54, 1.807) is 0 Å². The molecule has 112 valence electrons. The average Bonchev–Trinajstić information content (AvgIpc) is 2.47. The number of hydrogen-bond acceptors (Lipinski definition) is 2. The molecule has 0 fully saturated rings. The van der Waals surface area contributed by atoms with Crippen molar-refractivity contribution in [2.24, 2.45) is 0 Å². The fourth-order valence-electron chi connectivity index (χ4n) is 1.57. The van der Waals surface area contributed by atoms with E-state index < -0.39 is 47.3 Å². The summed E-state index contributed by atoms with van der Waals surface area (Å²) in [6.07, 6.45) is 0. The quantitative estimate of drug-likeness (QED) is 0.406. The molecule has 0 amide bonds. The third kappa shape index (κ3) is 2.61. The summed E-state index contributed by atoms with van der Waals surface area (Å²) in [5.41, 5.74) is 4.83. The minimum atomic E-state index is -2.30. The number of nitrogen functional groups attached to an aromatic ring is 1. The Balaban J connectivity index is 2.35. The highest BCUT2D eigenvalue weighted by atomic mass is 19.2. The molecule has 0 radical (unpaired) electrons. The van der Waals surface area contributed by atoms with Crippen LogP contribution >= 0.6 is 0 Å². The molecule has 0 bridgehead atoms. The number of halogens is 6. The van der Waals surface area contributed by atoms with Gasteiger partial charge in [0.1, 0.15) is 6.61 Å². The van der Waals surface area contributed by atoms with Crippen LogP contribution in [0.4, 0.5) is 32.0 Å². The van der Waals surface area contributed by atoms with Crippen LogP contribution in [0.5, 0.6) is 5.75 Å². The fourth-order valence-corrected chi connectivity index (χ4v) is 1.57.